The second-order valence-electron chi connectivity index (χ2n) is 4.69. The molecule has 0 bridgehead atoms. The van der Waals surface area contributed by atoms with E-state index in [0.717, 1.165) is 6.54 Å². The van der Waals surface area contributed by atoms with E-state index >= 15 is 0 Å². The van der Waals surface area contributed by atoms with E-state index in [1.54, 1.807) is 5.56 Å². The smallest absolute Gasteiger partial charge is 0.0792 e. The first-order chi connectivity index (χ1) is 8.33. The van der Waals surface area contributed by atoms with Crippen molar-refractivity contribution in [2.24, 2.45) is 7.05 Å². The summed E-state index contributed by atoms with van der Waals surface area (Å²) < 4.78 is 2.36. The molecular formula is C14H19BrN2S. The third-order valence-electron chi connectivity index (χ3n) is 3.65. The molecule has 2 heterocycles. The van der Waals surface area contributed by atoms with Gasteiger partial charge in [0.1, 0.15) is 0 Å². The fourth-order valence-electron chi connectivity index (χ4n) is 2.86. The minimum atomic E-state index is 0. The summed E-state index contributed by atoms with van der Waals surface area (Å²) in [5, 5.41) is 6.25. The lowest BCUT2D eigenvalue weighted by Crippen LogP contribution is -2.20. The van der Waals surface area contributed by atoms with Gasteiger partial charge in [-0.15, -0.1) is 28.7 Å². The van der Waals surface area contributed by atoms with Crippen molar-refractivity contribution in [1.82, 2.24) is 9.88 Å². The van der Waals surface area contributed by atoms with E-state index in [9.17, 15) is 0 Å². The number of likely N-dealkylation sites (N-methyl/N-ethyl adjacent to an activating group) is 1. The first kappa shape index (κ1) is 14.0. The fourth-order valence-corrected chi connectivity index (χ4v) is 4.18. The summed E-state index contributed by atoms with van der Waals surface area (Å²) >= 11 is 2.01. The highest BCUT2D eigenvalue weighted by atomic mass is 79.9. The number of para-hydroxylation sites is 1. The summed E-state index contributed by atoms with van der Waals surface area (Å²) in [6.45, 7) is 1.08. The van der Waals surface area contributed by atoms with Crippen LogP contribution in [-0.2, 0) is 7.05 Å². The highest BCUT2D eigenvalue weighted by molar-refractivity contribution is 8.93. The molecule has 0 saturated carbocycles. The zero-order chi connectivity index (χ0) is 11.8. The van der Waals surface area contributed by atoms with Gasteiger partial charge in [-0.2, -0.15) is 0 Å². The summed E-state index contributed by atoms with van der Waals surface area (Å²) in [5.74, 6) is 1.91. The number of aromatic nitrogens is 1. The molecule has 2 nitrogen and oxygen atoms in total. The molecule has 1 N–H and O–H groups in total. The summed E-state index contributed by atoms with van der Waals surface area (Å²) in [7, 11) is 4.24. The maximum atomic E-state index is 3.33. The van der Waals surface area contributed by atoms with Crippen molar-refractivity contribution in [2.75, 3.05) is 19.3 Å². The Balaban J connectivity index is 0.00000120. The molecule has 2 aromatic rings. The number of nitrogens with zero attached hydrogens (tertiary/aromatic N) is 1. The van der Waals surface area contributed by atoms with E-state index < -0.39 is 0 Å². The average Bonchev–Trinajstić information content (AvgIpc) is 2.66. The van der Waals surface area contributed by atoms with E-state index in [1.165, 1.54) is 28.1 Å². The molecule has 1 aromatic carbocycles. The molecule has 18 heavy (non-hydrogen) atoms. The lowest BCUT2D eigenvalue weighted by molar-refractivity contribution is 0.595. The maximum Gasteiger partial charge on any atom is 0.0792 e. The first-order valence-electron chi connectivity index (χ1n) is 6.17. The van der Waals surface area contributed by atoms with Gasteiger partial charge in [0.05, 0.1) is 5.03 Å². The predicted octanol–water partition coefficient (Wildman–Crippen LogP) is 3.56. The minimum absolute atomic E-state index is 0. The van der Waals surface area contributed by atoms with Gasteiger partial charge in [0.25, 0.3) is 0 Å². The van der Waals surface area contributed by atoms with Crippen molar-refractivity contribution >= 4 is 39.6 Å². The molecule has 0 saturated heterocycles. The van der Waals surface area contributed by atoms with Gasteiger partial charge in [0.2, 0.25) is 0 Å². The molecule has 0 spiro atoms. The van der Waals surface area contributed by atoms with Crippen molar-refractivity contribution in [3.05, 3.63) is 29.8 Å². The van der Waals surface area contributed by atoms with Crippen LogP contribution in [0.5, 0.6) is 0 Å². The second kappa shape index (κ2) is 5.68. The Morgan fingerprint density at radius 3 is 2.94 bits per heavy atom. The van der Waals surface area contributed by atoms with Crippen molar-refractivity contribution in [1.29, 1.82) is 0 Å². The van der Waals surface area contributed by atoms with E-state index in [2.05, 4.69) is 41.2 Å². The average molecular weight is 327 g/mol. The van der Waals surface area contributed by atoms with Gasteiger partial charge in [0.15, 0.2) is 0 Å². The predicted molar refractivity (Wildman–Crippen MR) is 85.2 cm³/mol. The van der Waals surface area contributed by atoms with Gasteiger partial charge >= 0.3 is 0 Å². The fraction of sp³-hybridized carbons (Fsp3) is 0.429. The lowest BCUT2D eigenvalue weighted by atomic mass is 9.95. The van der Waals surface area contributed by atoms with Crippen LogP contribution in [0.3, 0.4) is 0 Å². The molecule has 3 rings (SSSR count). The molecule has 1 aliphatic heterocycles. The van der Waals surface area contributed by atoms with Crippen molar-refractivity contribution < 1.29 is 0 Å². The normalized spacial score (nSPS) is 18.4. The number of nitrogens with one attached hydrogen (secondary N) is 1. The van der Waals surface area contributed by atoms with E-state index in [4.69, 9.17) is 0 Å². The monoisotopic (exact) mass is 326 g/mol. The number of rotatable bonds is 2. The summed E-state index contributed by atoms with van der Waals surface area (Å²) in [5.41, 5.74) is 2.93. The zero-order valence-electron chi connectivity index (χ0n) is 10.8. The van der Waals surface area contributed by atoms with Crippen LogP contribution in [0.4, 0.5) is 0 Å². The highest BCUT2D eigenvalue weighted by Gasteiger charge is 2.26. The molecule has 98 valence electrons. The van der Waals surface area contributed by atoms with Gasteiger partial charge < -0.3 is 9.88 Å². The minimum Gasteiger partial charge on any atom is -0.339 e. The molecule has 0 radical (unpaired) electrons. The number of hydrogen-bond acceptors (Lipinski definition) is 2. The van der Waals surface area contributed by atoms with Gasteiger partial charge in [-0.1, -0.05) is 18.2 Å². The Bertz CT molecular complexity index is 550. The highest BCUT2D eigenvalue weighted by Crippen LogP contribution is 2.42. The Labute approximate surface area is 123 Å². The van der Waals surface area contributed by atoms with Crippen LogP contribution in [0.15, 0.2) is 29.3 Å². The third-order valence-corrected chi connectivity index (χ3v) is 4.86. The molecule has 1 atom stereocenters. The summed E-state index contributed by atoms with van der Waals surface area (Å²) in [6, 6.07) is 8.78. The van der Waals surface area contributed by atoms with Gasteiger partial charge in [-0.25, -0.2) is 0 Å². The maximum absolute atomic E-state index is 3.33. The number of hydrogen-bond donors (Lipinski definition) is 1. The van der Waals surface area contributed by atoms with Gasteiger partial charge in [-0.3, -0.25) is 0 Å². The van der Waals surface area contributed by atoms with Crippen LogP contribution >= 0.6 is 28.7 Å². The van der Waals surface area contributed by atoms with Gasteiger partial charge in [0, 0.05) is 36.2 Å². The Kier molecular flexibility index (Phi) is 4.41. The van der Waals surface area contributed by atoms with Crippen LogP contribution in [-0.4, -0.2) is 23.9 Å². The van der Waals surface area contributed by atoms with Crippen LogP contribution in [0.2, 0.25) is 0 Å². The Morgan fingerprint density at radius 2 is 2.17 bits per heavy atom. The molecule has 1 aromatic heterocycles. The van der Waals surface area contributed by atoms with Crippen LogP contribution in [0.25, 0.3) is 10.9 Å². The number of halogens is 1. The van der Waals surface area contributed by atoms with E-state index in [1.807, 2.05) is 18.8 Å². The molecule has 4 heteroatoms. The summed E-state index contributed by atoms with van der Waals surface area (Å²) in [4.78, 5) is 0. The quantitative estimate of drug-likeness (QED) is 0.908. The van der Waals surface area contributed by atoms with Crippen molar-refractivity contribution in [2.45, 2.75) is 17.4 Å². The molecule has 1 unspecified atom stereocenters. The second-order valence-corrected chi connectivity index (χ2v) is 5.77. The number of benzene rings is 1. The molecule has 0 amide bonds. The molecule has 1 aliphatic rings. The van der Waals surface area contributed by atoms with E-state index in [0.29, 0.717) is 5.92 Å². The Morgan fingerprint density at radius 1 is 1.39 bits per heavy atom. The zero-order valence-corrected chi connectivity index (χ0v) is 13.3. The van der Waals surface area contributed by atoms with Crippen LogP contribution in [0.1, 0.15) is 17.9 Å². The molecule has 0 aliphatic carbocycles. The van der Waals surface area contributed by atoms with E-state index in [-0.39, 0.29) is 17.0 Å². The SMILES string of the molecule is Br.CNCC1CCSc2c1c1ccccc1n2C. The topological polar surface area (TPSA) is 17.0 Å². The number of fused-ring (bicyclic) bond motifs is 3. The van der Waals surface area contributed by atoms with Crippen molar-refractivity contribution in [3.63, 3.8) is 0 Å². The lowest BCUT2D eigenvalue weighted by Gasteiger charge is -2.23. The van der Waals surface area contributed by atoms with Crippen LogP contribution in [0, 0.1) is 0 Å². The van der Waals surface area contributed by atoms with Gasteiger partial charge in [-0.05, 0) is 25.1 Å². The van der Waals surface area contributed by atoms with Crippen molar-refractivity contribution in [3.8, 4) is 0 Å². The first-order valence-corrected chi connectivity index (χ1v) is 7.16. The summed E-state index contributed by atoms with van der Waals surface area (Å²) in [6.07, 6.45) is 1.28. The molecular weight excluding hydrogens is 308 g/mol. The standard InChI is InChI=1S/C14H18N2S.BrH/c1-15-9-10-7-8-17-14-13(10)11-5-3-4-6-12(11)16(14)2;/h3-6,10,15H,7-9H2,1-2H3;1H. The Hall–Kier alpha value is -0.450. The number of aryl methyl sites for hydroxylation is 1. The van der Waals surface area contributed by atoms with Crippen LogP contribution < -0.4 is 5.32 Å². The molecule has 0 fully saturated rings. The number of thioether (sulfide) groups is 1. The third kappa shape index (κ3) is 2.10. The largest absolute Gasteiger partial charge is 0.339 e.